The summed E-state index contributed by atoms with van der Waals surface area (Å²) in [6.45, 7) is 0. The number of rotatable bonds is 0. The van der Waals surface area contributed by atoms with Crippen LogP contribution in [-0.4, -0.2) is 0 Å². The number of alkyl halides is 6. The molecule has 0 aliphatic heterocycles. The van der Waals surface area contributed by atoms with Crippen molar-refractivity contribution in [3.63, 3.8) is 0 Å². The summed E-state index contributed by atoms with van der Waals surface area (Å²) in [5.41, 5.74) is -2.36. The van der Waals surface area contributed by atoms with E-state index in [-0.39, 0.29) is 40.2 Å². The van der Waals surface area contributed by atoms with E-state index in [1.807, 2.05) is 0 Å². The van der Waals surface area contributed by atoms with E-state index in [0.717, 1.165) is 0 Å². The van der Waals surface area contributed by atoms with Gasteiger partial charge in [0.15, 0.2) is 0 Å². The van der Waals surface area contributed by atoms with Gasteiger partial charge in [0, 0.05) is 0 Å². The Kier molecular flexibility index (Phi) is 11.1. The first-order valence-electron chi connectivity index (χ1n) is 9.51. The molecule has 175 valence electrons. The van der Waals surface area contributed by atoms with E-state index < -0.39 is 23.5 Å². The minimum atomic E-state index is -4.66. The Hall–Kier alpha value is -2.54. The molecular formula is C26H17ClF6Ti-. The Bertz CT molecular complexity index is 1090. The zero-order chi connectivity index (χ0) is 23.2. The van der Waals surface area contributed by atoms with Crippen LogP contribution in [0, 0.1) is 6.07 Å². The van der Waals surface area contributed by atoms with Gasteiger partial charge in [0.2, 0.25) is 0 Å². The predicted molar refractivity (Wildman–Crippen MR) is 114 cm³/mol. The van der Waals surface area contributed by atoms with Crippen LogP contribution in [-0.2, 0) is 34.1 Å². The maximum atomic E-state index is 11.9. The average Bonchev–Trinajstić information content (AvgIpc) is 3.43. The van der Waals surface area contributed by atoms with E-state index in [0.29, 0.717) is 12.1 Å². The van der Waals surface area contributed by atoms with E-state index in [1.54, 1.807) is 0 Å². The van der Waals surface area contributed by atoms with Gasteiger partial charge in [-0.1, -0.05) is 23.3 Å². The van der Waals surface area contributed by atoms with Gasteiger partial charge in [0.25, 0.3) is 0 Å². The molecule has 0 aliphatic rings. The van der Waals surface area contributed by atoms with E-state index in [2.05, 4.69) is 84.9 Å². The number of hydrogen-bond donors (Lipinski definition) is 0. The third-order valence-corrected chi connectivity index (χ3v) is 4.54. The van der Waals surface area contributed by atoms with E-state index in [1.165, 1.54) is 27.6 Å². The van der Waals surface area contributed by atoms with Gasteiger partial charge in [-0.3, -0.25) is 0 Å². The molecule has 0 aliphatic carbocycles. The van der Waals surface area contributed by atoms with E-state index >= 15 is 0 Å². The van der Waals surface area contributed by atoms with Gasteiger partial charge in [-0.05, 0) is 0 Å². The Morgan fingerprint density at radius 2 is 1.06 bits per heavy atom. The Morgan fingerprint density at radius 3 is 1.41 bits per heavy atom. The molecule has 0 atom stereocenters. The molecule has 1 radical (unpaired) electrons. The van der Waals surface area contributed by atoms with Crippen LogP contribution in [0.25, 0.3) is 21.5 Å². The van der Waals surface area contributed by atoms with Crippen molar-refractivity contribution in [1.82, 2.24) is 0 Å². The first-order valence-corrected chi connectivity index (χ1v) is 9.51. The molecular weight excluding hydrogens is 510 g/mol. The maximum Gasteiger partial charge on any atom is 3.00 e. The molecule has 0 amide bonds. The van der Waals surface area contributed by atoms with Crippen LogP contribution in [0.15, 0.2) is 103 Å². The summed E-state index contributed by atoms with van der Waals surface area (Å²) in [5, 5.41) is 5.32. The van der Waals surface area contributed by atoms with E-state index in [9.17, 15) is 26.3 Å². The topological polar surface area (TPSA) is 0 Å². The van der Waals surface area contributed by atoms with Gasteiger partial charge in [0.05, 0.1) is 0 Å². The van der Waals surface area contributed by atoms with Crippen molar-refractivity contribution in [2.24, 2.45) is 0 Å². The van der Waals surface area contributed by atoms with Gasteiger partial charge in [-0.2, -0.15) is 85.6 Å². The van der Waals surface area contributed by atoms with Gasteiger partial charge in [0.1, 0.15) is 0 Å². The van der Waals surface area contributed by atoms with Crippen LogP contribution in [0.5, 0.6) is 0 Å². The monoisotopic (exact) mass is 526 g/mol. The molecule has 5 aromatic rings. The zero-order valence-corrected chi connectivity index (χ0v) is 19.8. The first-order chi connectivity index (χ1) is 15.1. The second-order valence-corrected chi connectivity index (χ2v) is 6.80. The number of benzene rings is 3. The molecule has 0 bridgehead atoms. The molecule has 0 heterocycles. The van der Waals surface area contributed by atoms with Gasteiger partial charge in [-0.15, -0.1) is 59.3 Å². The van der Waals surface area contributed by atoms with Crippen LogP contribution < -0.4 is 12.4 Å². The molecule has 5 rings (SSSR count). The number of hydrogen-bond acceptors (Lipinski definition) is 0. The summed E-state index contributed by atoms with van der Waals surface area (Å²) in [4.78, 5) is 0. The molecule has 0 saturated heterocycles. The molecule has 5 aromatic carbocycles. The smallest absolute Gasteiger partial charge is 1.00 e. The van der Waals surface area contributed by atoms with Crippen molar-refractivity contribution < 1.29 is 60.5 Å². The molecule has 0 unspecified atom stereocenters. The Labute approximate surface area is 214 Å². The van der Waals surface area contributed by atoms with Crippen LogP contribution in [0.1, 0.15) is 11.1 Å². The van der Waals surface area contributed by atoms with Gasteiger partial charge >= 0.3 is 34.1 Å². The molecule has 0 N–H and O–H groups in total. The largest absolute Gasteiger partial charge is 3.00 e. The molecule has 8 heteroatoms. The van der Waals surface area contributed by atoms with Crippen molar-refractivity contribution in [3.8, 4) is 0 Å². The van der Waals surface area contributed by atoms with Gasteiger partial charge < -0.3 is 12.4 Å². The molecule has 0 fully saturated rings. The van der Waals surface area contributed by atoms with E-state index in [4.69, 9.17) is 0 Å². The molecule has 0 aromatic heterocycles. The first kappa shape index (κ1) is 29.5. The summed E-state index contributed by atoms with van der Waals surface area (Å²) in [6, 6.07) is 31.9. The van der Waals surface area contributed by atoms with Crippen molar-refractivity contribution in [1.29, 1.82) is 0 Å². The minimum absolute atomic E-state index is 0. The fourth-order valence-corrected chi connectivity index (χ4v) is 2.92. The second-order valence-electron chi connectivity index (χ2n) is 6.80. The second kappa shape index (κ2) is 12.8. The van der Waals surface area contributed by atoms with Crippen LogP contribution in [0.4, 0.5) is 26.3 Å². The fourth-order valence-electron chi connectivity index (χ4n) is 2.92. The van der Waals surface area contributed by atoms with Crippen LogP contribution >= 0.6 is 0 Å². The van der Waals surface area contributed by atoms with Crippen molar-refractivity contribution in [2.75, 3.05) is 0 Å². The minimum Gasteiger partial charge on any atom is -1.00 e. The molecule has 0 saturated carbocycles. The SMILES string of the molecule is FC(F)(F)c1[c-]cc(C(F)(F)F)cc1.[Cl-].[Ti+3].c1ccc2[cH-]ccc2c1.c1ccc2[cH-]ccc2c1. The summed E-state index contributed by atoms with van der Waals surface area (Å²) < 4.78 is 71.5. The molecule has 0 spiro atoms. The standard InChI is InChI=1S/2C9H7.C8H3F6.ClH.Ti/c2*1-2-5-9-7-3-6-8(9)4-1;9-7(10,11)5-1-2-6(4-3-5)8(12,13)14;;/h2*1-7H;1-3H;1H;/q3*-1;;+3/p-1. The zero-order valence-electron chi connectivity index (χ0n) is 17.5. The summed E-state index contributed by atoms with van der Waals surface area (Å²) >= 11 is 0. The predicted octanol–water partition coefficient (Wildman–Crippen LogP) is 5.64. The molecule has 0 nitrogen and oxygen atoms in total. The normalized spacial score (nSPS) is 10.8. The van der Waals surface area contributed by atoms with Crippen LogP contribution in [0.3, 0.4) is 0 Å². The average molecular weight is 527 g/mol. The number of halogens is 7. The van der Waals surface area contributed by atoms with Crippen LogP contribution in [0.2, 0.25) is 0 Å². The number of fused-ring (bicyclic) bond motifs is 2. The Morgan fingerprint density at radius 1 is 0.588 bits per heavy atom. The van der Waals surface area contributed by atoms with Crippen molar-refractivity contribution >= 4 is 21.5 Å². The summed E-state index contributed by atoms with van der Waals surface area (Å²) in [7, 11) is 0. The summed E-state index contributed by atoms with van der Waals surface area (Å²) in [6.07, 6.45) is -9.30. The Balaban J connectivity index is 0.000000255. The third-order valence-electron chi connectivity index (χ3n) is 4.54. The third kappa shape index (κ3) is 8.35. The van der Waals surface area contributed by atoms with Crippen molar-refractivity contribution in [2.45, 2.75) is 12.4 Å². The molecule has 34 heavy (non-hydrogen) atoms. The fraction of sp³-hybridized carbons (Fsp3) is 0.0769. The maximum absolute atomic E-state index is 11.9. The summed E-state index contributed by atoms with van der Waals surface area (Å²) in [5.74, 6) is 0. The quantitative estimate of drug-likeness (QED) is 0.139. The van der Waals surface area contributed by atoms with Gasteiger partial charge in [-0.25, -0.2) is 0 Å². The van der Waals surface area contributed by atoms with Crippen molar-refractivity contribution in [3.05, 3.63) is 120 Å².